The number of anilines is 1. The number of nitrogen functional groups attached to an aromatic ring is 1. The third kappa shape index (κ3) is 2.18. The number of nitrogens with two attached hydrogens (primary N) is 1. The van der Waals surface area contributed by atoms with Crippen LogP contribution in [0.2, 0.25) is 0 Å². The molecule has 0 spiro atoms. The summed E-state index contributed by atoms with van der Waals surface area (Å²) in [5.41, 5.74) is 8.57. The third-order valence-electron chi connectivity index (χ3n) is 3.42. The zero-order chi connectivity index (χ0) is 14.3. The molecule has 0 atom stereocenters. The Balaban J connectivity index is 1.89. The van der Waals surface area contributed by atoms with Gasteiger partial charge in [-0.15, -0.1) is 0 Å². The summed E-state index contributed by atoms with van der Waals surface area (Å²) >= 11 is 3.10. The molecule has 3 rings (SSSR count). The van der Waals surface area contributed by atoms with Gasteiger partial charge in [0.05, 0.1) is 10.0 Å². The van der Waals surface area contributed by atoms with Gasteiger partial charge in [0.25, 0.3) is 5.91 Å². The normalized spacial score (nSPS) is 13.4. The summed E-state index contributed by atoms with van der Waals surface area (Å²) in [7, 11) is 0. The maximum Gasteiger partial charge on any atom is 0.257 e. The second kappa shape index (κ2) is 4.90. The standard InChI is InChI=1S/C15H12BrFN2O/c16-13-3-1-2-12(14(13)17)15(20)19-7-9-4-5-11(18)6-10(9)8-19/h1-6H,7-8,18H2. The zero-order valence-electron chi connectivity index (χ0n) is 10.6. The van der Waals surface area contributed by atoms with E-state index < -0.39 is 5.82 Å². The lowest BCUT2D eigenvalue weighted by molar-refractivity contribution is 0.0746. The topological polar surface area (TPSA) is 46.3 Å². The predicted octanol–water partition coefficient (Wildman–Crippen LogP) is 3.33. The number of hydrogen-bond donors (Lipinski definition) is 1. The molecule has 1 aliphatic rings. The van der Waals surface area contributed by atoms with Crippen molar-refractivity contribution in [1.29, 1.82) is 0 Å². The minimum absolute atomic E-state index is 0.0835. The van der Waals surface area contributed by atoms with Crippen molar-refractivity contribution in [1.82, 2.24) is 4.90 Å². The molecule has 0 saturated heterocycles. The molecule has 2 aromatic carbocycles. The average Bonchev–Trinajstić information content (AvgIpc) is 2.84. The van der Waals surface area contributed by atoms with Crippen LogP contribution in [0.1, 0.15) is 21.5 Å². The Labute approximate surface area is 124 Å². The number of carbonyl (C=O) groups is 1. The summed E-state index contributed by atoms with van der Waals surface area (Å²) in [5.74, 6) is -0.827. The highest BCUT2D eigenvalue weighted by atomic mass is 79.9. The van der Waals surface area contributed by atoms with E-state index in [4.69, 9.17) is 5.73 Å². The van der Waals surface area contributed by atoms with Crippen LogP contribution in [-0.4, -0.2) is 10.8 Å². The fourth-order valence-corrected chi connectivity index (χ4v) is 2.76. The minimum atomic E-state index is -0.520. The molecule has 0 bridgehead atoms. The molecule has 2 aromatic rings. The first-order valence-corrected chi connectivity index (χ1v) is 6.96. The van der Waals surface area contributed by atoms with Crippen LogP contribution in [0.15, 0.2) is 40.9 Å². The lowest BCUT2D eigenvalue weighted by Crippen LogP contribution is -2.26. The van der Waals surface area contributed by atoms with E-state index in [-0.39, 0.29) is 11.5 Å². The molecule has 1 amide bonds. The monoisotopic (exact) mass is 334 g/mol. The Morgan fingerprint density at radius 1 is 1.20 bits per heavy atom. The van der Waals surface area contributed by atoms with E-state index in [9.17, 15) is 9.18 Å². The van der Waals surface area contributed by atoms with E-state index in [0.717, 1.165) is 11.1 Å². The van der Waals surface area contributed by atoms with Crippen LogP contribution >= 0.6 is 15.9 Å². The van der Waals surface area contributed by atoms with Gasteiger partial charge in [0, 0.05) is 18.8 Å². The summed E-state index contributed by atoms with van der Waals surface area (Å²) in [6, 6.07) is 10.3. The van der Waals surface area contributed by atoms with Crippen LogP contribution in [0.3, 0.4) is 0 Å². The van der Waals surface area contributed by atoms with Gasteiger partial charge in [-0.25, -0.2) is 4.39 Å². The highest BCUT2D eigenvalue weighted by Gasteiger charge is 2.26. The van der Waals surface area contributed by atoms with Crippen molar-refractivity contribution in [2.45, 2.75) is 13.1 Å². The van der Waals surface area contributed by atoms with Crippen molar-refractivity contribution in [3.05, 3.63) is 63.4 Å². The first-order valence-electron chi connectivity index (χ1n) is 6.17. The first-order chi connectivity index (χ1) is 9.56. The highest BCUT2D eigenvalue weighted by Crippen LogP contribution is 2.27. The van der Waals surface area contributed by atoms with Gasteiger partial charge < -0.3 is 10.6 Å². The molecule has 0 aliphatic carbocycles. The maximum atomic E-state index is 14.0. The Morgan fingerprint density at radius 2 is 1.95 bits per heavy atom. The molecule has 1 aliphatic heterocycles. The quantitative estimate of drug-likeness (QED) is 0.813. The Kier molecular flexibility index (Phi) is 3.22. The fourth-order valence-electron chi connectivity index (χ4n) is 2.40. The average molecular weight is 335 g/mol. The Bertz CT molecular complexity index is 702. The van der Waals surface area contributed by atoms with Crippen LogP contribution in [0, 0.1) is 5.82 Å². The summed E-state index contributed by atoms with van der Waals surface area (Å²) in [6.07, 6.45) is 0. The summed E-state index contributed by atoms with van der Waals surface area (Å²) in [6.45, 7) is 0.950. The number of amides is 1. The molecule has 2 N–H and O–H groups in total. The number of benzene rings is 2. The van der Waals surface area contributed by atoms with E-state index in [1.165, 1.54) is 6.07 Å². The van der Waals surface area contributed by atoms with Gasteiger partial charge in [0.1, 0.15) is 5.82 Å². The molecular weight excluding hydrogens is 323 g/mol. The molecule has 3 nitrogen and oxygen atoms in total. The van der Waals surface area contributed by atoms with Crippen molar-refractivity contribution in [3.8, 4) is 0 Å². The number of nitrogens with zero attached hydrogens (tertiary/aromatic N) is 1. The molecule has 0 aromatic heterocycles. The number of fused-ring (bicyclic) bond motifs is 1. The van der Waals surface area contributed by atoms with Gasteiger partial charge in [0.2, 0.25) is 0 Å². The highest BCUT2D eigenvalue weighted by molar-refractivity contribution is 9.10. The fraction of sp³-hybridized carbons (Fsp3) is 0.133. The smallest absolute Gasteiger partial charge is 0.257 e. The van der Waals surface area contributed by atoms with Crippen molar-refractivity contribution in [2.24, 2.45) is 0 Å². The van der Waals surface area contributed by atoms with Crippen molar-refractivity contribution in [3.63, 3.8) is 0 Å². The van der Waals surface area contributed by atoms with E-state index in [0.29, 0.717) is 23.2 Å². The second-order valence-corrected chi connectivity index (χ2v) is 5.65. The van der Waals surface area contributed by atoms with Crippen molar-refractivity contribution in [2.75, 3.05) is 5.73 Å². The van der Waals surface area contributed by atoms with E-state index in [1.54, 1.807) is 17.0 Å². The predicted molar refractivity (Wildman–Crippen MR) is 78.5 cm³/mol. The number of carbonyl (C=O) groups excluding carboxylic acids is 1. The van der Waals surface area contributed by atoms with Crippen LogP contribution in [-0.2, 0) is 13.1 Å². The van der Waals surface area contributed by atoms with E-state index in [2.05, 4.69) is 15.9 Å². The lowest BCUT2D eigenvalue weighted by atomic mass is 10.1. The maximum absolute atomic E-state index is 14.0. The van der Waals surface area contributed by atoms with Gasteiger partial charge in [0.15, 0.2) is 0 Å². The number of halogens is 2. The molecule has 5 heteroatoms. The second-order valence-electron chi connectivity index (χ2n) is 4.79. The number of rotatable bonds is 1. The summed E-state index contributed by atoms with van der Waals surface area (Å²) < 4.78 is 14.3. The molecule has 0 fully saturated rings. The molecule has 20 heavy (non-hydrogen) atoms. The van der Waals surface area contributed by atoms with Crippen LogP contribution < -0.4 is 5.73 Å². The molecule has 102 valence electrons. The zero-order valence-corrected chi connectivity index (χ0v) is 12.2. The summed E-state index contributed by atoms with van der Waals surface area (Å²) in [4.78, 5) is 14.0. The van der Waals surface area contributed by atoms with Crippen LogP contribution in [0.25, 0.3) is 0 Å². The van der Waals surface area contributed by atoms with Crippen molar-refractivity contribution < 1.29 is 9.18 Å². The van der Waals surface area contributed by atoms with E-state index in [1.807, 2.05) is 18.2 Å². The molecule has 1 heterocycles. The van der Waals surface area contributed by atoms with Crippen LogP contribution in [0.4, 0.5) is 10.1 Å². The first kappa shape index (κ1) is 13.1. The molecule has 0 radical (unpaired) electrons. The van der Waals surface area contributed by atoms with Crippen LogP contribution in [0.5, 0.6) is 0 Å². The molecule has 0 saturated carbocycles. The Morgan fingerprint density at radius 3 is 2.75 bits per heavy atom. The minimum Gasteiger partial charge on any atom is -0.399 e. The Hall–Kier alpha value is -1.88. The number of hydrogen-bond acceptors (Lipinski definition) is 2. The largest absolute Gasteiger partial charge is 0.399 e. The van der Waals surface area contributed by atoms with E-state index >= 15 is 0 Å². The lowest BCUT2D eigenvalue weighted by Gasteiger charge is -2.16. The van der Waals surface area contributed by atoms with Crippen molar-refractivity contribution >= 4 is 27.5 Å². The van der Waals surface area contributed by atoms with Gasteiger partial charge in [-0.05, 0) is 51.3 Å². The molecular formula is C15H12BrFN2O. The molecule has 0 unspecified atom stereocenters. The SMILES string of the molecule is Nc1ccc2c(c1)CN(C(=O)c1cccc(Br)c1F)C2. The van der Waals surface area contributed by atoms with Gasteiger partial charge in [-0.3, -0.25) is 4.79 Å². The van der Waals surface area contributed by atoms with Gasteiger partial charge in [-0.1, -0.05) is 12.1 Å². The third-order valence-corrected chi connectivity index (χ3v) is 4.03. The van der Waals surface area contributed by atoms with Gasteiger partial charge >= 0.3 is 0 Å². The van der Waals surface area contributed by atoms with Gasteiger partial charge in [-0.2, -0.15) is 0 Å². The summed E-state index contributed by atoms with van der Waals surface area (Å²) in [5, 5.41) is 0.